The Bertz CT molecular complexity index is 816. The van der Waals surface area contributed by atoms with E-state index in [1.165, 1.54) is 4.88 Å². The Hall–Kier alpha value is -1.50. The minimum Gasteiger partial charge on any atom is -0.316 e. The highest BCUT2D eigenvalue weighted by Gasteiger charge is 2.29. The van der Waals surface area contributed by atoms with Gasteiger partial charge in [0.2, 0.25) is 0 Å². The van der Waals surface area contributed by atoms with Crippen molar-refractivity contribution in [2.24, 2.45) is 11.8 Å². The maximum absolute atomic E-state index is 12.4. The number of carbonyl (C=O) groups is 1. The molecule has 0 bridgehead atoms. The van der Waals surface area contributed by atoms with E-state index in [2.05, 4.69) is 22.8 Å². The highest BCUT2D eigenvalue weighted by molar-refractivity contribution is 7.91. The summed E-state index contributed by atoms with van der Waals surface area (Å²) in [5.41, 5.74) is 0. The molecule has 1 saturated carbocycles. The predicted molar refractivity (Wildman–Crippen MR) is 110 cm³/mol. The molecule has 0 spiro atoms. The van der Waals surface area contributed by atoms with Crippen molar-refractivity contribution in [3.8, 4) is 0 Å². The van der Waals surface area contributed by atoms with Crippen LogP contribution in [0.15, 0.2) is 52.7 Å². The van der Waals surface area contributed by atoms with E-state index in [0.29, 0.717) is 17.7 Å². The van der Waals surface area contributed by atoms with Gasteiger partial charge in [-0.25, -0.2) is 8.42 Å². The molecule has 1 heterocycles. The molecule has 1 N–H and O–H groups in total. The van der Waals surface area contributed by atoms with Gasteiger partial charge in [-0.2, -0.15) is 0 Å². The number of nitrogens with one attached hydrogen (secondary N) is 1. The first-order chi connectivity index (χ1) is 13.0. The number of thiophene rings is 1. The molecule has 6 heteroatoms. The third-order valence-corrected chi connectivity index (χ3v) is 7.98. The van der Waals surface area contributed by atoms with Crippen molar-refractivity contribution in [2.75, 3.05) is 18.8 Å². The van der Waals surface area contributed by atoms with Crippen LogP contribution in [0.2, 0.25) is 0 Å². The molecule has 3 rings (SSSR count). The fraction of sp³-hybridized carbons (Fsp3) is 0.476. The molecular formula is C21H27NO3S2. The predicted octanol–water partition coefficient (Wildman–Crippen LogP) is 3.73. The average Bonchev–Trinajstić information content (AvgIpc) is 3.19. The van der Waals surface area contributed by atoms with Crippen LogP contribution >= 0.6 is 11.3 Å². The summed E-state index contributed by atoms with van der Waals surface area (Å²) in [6, 6.07) is 12.8. The number of benzene rings is 1. The maximum Gasteiger partial charge on any atom is 0.178 e. The fourth-order valence-electron chi connectivity index (χ4n) is 3.62. The lowest BCUT2D eigenvalue weighted by Crippen LogP contribution is -2.34. The highest BCUT2D eigenvalue weighted by Crippen LogP contribution is 2.29. The van der Waals surface area contributed by atoms with E-state index >= 15 is 0 Å². The van der Waals surface area contributed by atoms with Gasteiger partial charge in [0.25, 0.3) is 0 Å². The molecule has 0 amide bonds. The minimum absolute atomic E-state index is 0.0790. The Morgan fingerprint density at radius 3 is 2.59 bits per heavy atom. The van der Waals surface area contributed by atoms with Crippen LogP contribution < -0.4 is 5.32 Å². The molecule has 1 fully saturated rings. The lowest BCUT2D eigenvalue weighted by molar-refractivity contribution is -0.125. The molecule has 0 radical (unpaired) electrons. The first-order valence-electron chi connectivity index (χ1n) is 9.58. The van der Waals surface area contributed by atoms with Gasteiger partial charge in [-0.05, 0) is 61.7 Å². The maximum atomic E-state index is 12.4. The van der Waals surface area contributed by atoms with Gasteiger partial charge < -0.3 is 5.32 Å². The van der Waals surface area contributed by atoms with Crippen molar-refractivity contribution >= 4 is 27.0 Å². The number of carbonyl (C=O) groups excluding carboxylic acids is 1. The topological polar surface area (TPSA) is 63.2 Å². The van der Waals surface area contributed by atoms with Crippen molar-refractivity contribution in [3.63, 3.8) is 0 Å². The Morgan fingerprint density at radius 2 is 1.89 bits per heavy atom. The van der Waals surface area contributed by atoms with Crippen LogP contribution in [-0.2, 0) is 21.1 Å². The molecule has 27 heavy (non-hydrogen) atoms. The van der Waals surface area contributed by atoms with Crippen LogP contribution in [0.5, 0.6) is 0 Å². The zero-order valence-corrected chi connectivity index (χ0v) is 17.1. The fourth-order valence-corrected chi connectivity index (χ4v) is 5.78. The smallest absolute Gasteiger partial charge is 0.178 e. The van der Waals surface area contributed by atoms with E-state index in [1.54, 1.807) is 35.6 Å². The van der Waals surface area contributed by atoms with Crippen molar-refractivity contribution in [3.05, 3.63) is 52.7 Å². The molecule has 1 aliphatic rings. The summed E-state index contributed by atoms with van der Waals surface area (Å²) in [6.07, 6.45) is 3.88. The zero-order chi connectivity index (χ0) is 19.1. The number of hydrogen-bond donors (Lipinski definition) is 1. The lowest BCUT2D eigenvalue weighted by atomic mass is 9.80. The SMILES string of the molecule is O=C1CC(CCS(=O)(=O)c2ccccc2)CCC1CNCCc1cccs1. The molecule has 2 unspecified atom stereocenters. The van der Waals surface area contributed by atoms with E-state index in [1.807, 2.05) is 6.07 Å². The van der Waals surface area contributed by atoms with E-state index in [9.17, 15) is 13.2 Å². The van der Waals surface area contributed by atoms with Gasteiger partial charge in [0.1, 0.15) is 5.78 Å². The van der Waals surface area contributed by atoms with Crippen LogP contribution in [0.1, 0.15) is 30.6 Å². The van der Waals surface area contributed by atoms with E-state index in [4.69, 9.17) is 0 Å². The second kappa shape index (κ2) is 9.62. The van der Waals surface area contributed by atoms with Crippen LogP contribution in [0.25, 0.3) is 0 Å². The summed E-state index contributed by atoms with van der Waals surface area (Å²) in [7, 11) is -3.25. The quantitative estimate of drug-likeness (QED) is 0.646. The first-order valence-corrected chi connectivity index (χ1v) is 12.1. The first kappa shape index (κ1) is 20.2. The van der Waals surface area contributed by atoms with Crippen molar-refractivity contribution in [2.45, 2.75) is 37.0 Å². The molecule has 146 valence electrons. The Labute approximate surface area is 165 Å². The third kappa shape index (κ3) is 5.99. The van der Waals surface area contributed by atoms with E-state index < -0.39 is 9.84 Å². The molecule has 2 atom stereocenters. The summed E-state index contributed by atoms with van der Waals surface area (Å²) in [6.45, 7) is 1.63. The van der Waals surface area contributed by atoms with Gasteiger partial charge in [0.05, 0.1) is 10.6 Å². The van der Waals surface area contributed by atoms with Crippen LogP contribution in [-0.4, -0.2) is 33.0 Å². The number of hydrogen-bond acceptors (Lipinski definition) is 5. The number of Topliss-reactive ketones (excluding diaryl/α,β-unsaturated/α-hetero) is 1. The zero-order valence-electron chi connectivity index (χ0n) is 15.5. The summed E-state index contributed by atoms with van der Waals surface area (Å²) in [4.78, 5) is 14.2. The van der Waals surface area contributed by atoms with Crippen LogP contribution in [0.4, 0.5) is 0 Å². The molecule has 0 aliphatic heterocycles. The molecule has 1 aliphatic carbocycles. The van der Waals surface area contributed by atoms with Crippen LogP contribution in [0, 0.1) is 11.8 Å². The van der Waals surface area contributed by atoms with Gasteiger partial charge in [0.15, 0.2) is 9.84 Å². The minimum atomic E-state index is -3.25. The Balaban J connectivity index is 1.39. The van der Waals surface area contributed by atoms with Gasteiger partial charge >= 0.3 is 0 Å². The number of ketones is 1. The average molecular weight is 406 g/mol. The Morgan fingerprint density at radius 1 is 1.07 bits per heavy atom. The van der Waals surface area contributed by atoms with Crippen molar-refractivity contribution < 1.29 is 13.2 Å². The molecule has 1 aromatic heterocycles. The number of sulfone groups is 1. The Kier molecular flexibility index (Phi) is 7.21. The van der Waals surface area contributed by atoms with Crippen molar-refractivity contribution in [1.82, 2.24) is 5.32 Å². The summed E-state index contributed by atoms with van der Waals surface area (Å²) < 4.78 is 24.8. The normalized spacial score (nSPS) is 20.7. The molecule has 0 saturated heterocycles. The van der Waals surface area contributed by atoms with E-state index in [-0.39, 0.29) is 23.4 Å². The standard InChI is InChI=1S/C21H27NO3S2/c23-21-15-17(11-14-27(24,25)20-6-2-1-3-7-20)8-9-18(21)16-22-12-10-19-5-4-13-26-19/h1-7,13,17-18,22H,8-12,14-16H2. The monoisotopic (exact) mass is 405 g/mol. The van der Waals surface area contributed by atoms with Gasteiger partial charge in [-0.1, -0.05) is 24.3 Å². The molecular weight excluding hydrogens is 378 g/mol. The largest absolute Gasteiger partial charge is 0.316 e. The lowest BCUT2D eigenvalue weighted by Gasteiger charge is -2.27. The molecule has 4 nitrogen and oxygen atoms in total. The second-order valence-electron chi connectivity index (χ2n) is 7.26. The number of rotatable bonds is 9. The van der Waals surface area contributed by atoms with Crippen molar-refractivity contribution in [1.29, 1.82) is 0 Å². The highest BCUT2D eigenvalue weighted by atomic mass is 32.2. The summed E-state index contributed by atoms with van der Waals surface area (Å²) >= 11 is 1.76. The molecule has 1 aromatic carbocycles. The van der Waals surface area contributed by atoms with Gasteiger partial charge in [-0.3, -0.25) is 4.79 Å². The third-order valence-electron chi connectivity index (χ3n) is 5.28. The second-order valence-corrected chi connectivity index (χ2v) is 10.4. The summed E-state index contributed by atoms with van der Waals surface area (Å²) in [5.74, 6) is 0.680. The summed E-state index contributed by atoms with van der Waals surface area (Å²) in [5, 5.41) is 5.49. The molecule has 2 aromatic rings. The van der Waals surface area contributed by atoms with Gasteiger partial charge in [-0.15, -0.1) is 11.3 Å². The van der Waals surface area contributed by atoms with Gasteiger partial charge in [0, 0.05) is 23.8 Å². The van der Waals surface area contributed by atoms with Crippen LogP contribution in [0.3, 0.4) is 0 Å². The van der Waals surface area contributed by atoms with E-state index in [0.717, 1.165) is 32.4 Å².